The van der Waals surface area contributed by atoms with Crippen LogP contribution < -0.4 is 10.6 Å². The molecule has 2 aromatic rings. The number of hydrogen-bond donors (Lipinski definition) is 3. The Bertz CT molecular complexity index is 587. The van der Waals surface area contributed by atoms with Crippen molar-refractivity contribution in [1.82, 2.24) is 0 Å². The topological polar surface area (TPSA) is 87.4 Å². The van der Waals surface area contributed by atoms with E-state index in [1.165, 1.54) is 12.1 Å². The highest BCUT2D eigenvalue weighted by Crippen LogP contribution is 2.29. The molecule has 3 N–H and O–H groups in total. The normalized spacial score (nSPS) is 10.1. The summed E-state index contributed by atoms with van der Waals surface area (Å²) in [7, 11) is 0. The predicted molar refractivity (Wildman–Crippen MR) is 78.4 cm³/mol. The quantitative estimate of drug-likeness (QED) is 0.556. The Kier molecular flexibility index (Phi) is 4.52. The Morgan fingerprint density at radius 2 is 1.85 bits per heavy atom. The lowest BCUT2D eigenvalue weighted by Gasteiger charge is -2.13. The van der Waals surface area contributed by atoms with Gasteiger partial charge in [0.15, 0.2) is 0 Å². The van der Waals surface area contributed by atoms with Crippen LogP contribution in [0.4, 0.5) is 22.7 Å². The zero-order valence-corrected chi connectivity index (χ0v) is 10.7. The SMILES string of the molecule is O=[N+]([O-])c1ccc(Nc2ccccc2)c(NCCO)c1. The van der Waals surface area contributed by atoms with E-state index in [1.54, 1.807) is 6.07 Å². The highest BCUT2D eigenvalue weighted by Gasteiger charge is 2.10. The molecule has 0 saturated carbocycles. The molecule has 0 aliphatic heterocycles. The first kappa shape index (κ1) is 13.8. The molecule has 0 aliphatic rings. The Labute approximate surface area is 116 Å². The van der Waals surface area contributed by atoms with E-state index in [0.29, 0.717) is 12.2 Å². The van der Waals surface area contributed by atoms with Gasteiger partial charge in [0, 0.05) is 24.4 Å². The fourth-order valence-corrected chi connectivity index (χ4v) is 1.77. The van der Waals surface area contributed by atoms with Crippen molar-refractivity contribution < 1.29 is 10.0 Å². The molecule has 2 aromatic carbocycles. The summed E-state index contributed by atoms with van der Waals surface area (Å²) < 4.78 is 0. The molecule has 104 valence electrons. The van der Waals surface area contributed by atoms with Crippen molar-refractivity contribution >= 4 is 22.7 Å². The number of benzene rings is 2. The lowest BCUT2D eigenvalue weighted by atomic mass is 10.2. The van der Waals surface area contributed by atoms with Crippen LogP contribution in [0.5, 0.6) is 0 Å². The second kappa shape index (κ2) is 6.53. The van der Waals surface area contributed by atoms with Crippen LogP contribution in [-0.2, 0) is 0 Å². The van der Waals surface area contributed by atoms with E-state index >= 15 is 0 Å². The number of nitrogens with zero attached hydrogens (tertiary/aromatic N) is 1. The first-order valence-electron chi connectivity index (χ1n) is 6.16. The van der Waals surface area contributed by atoms with E-state index in [9.17, 15) is 10.1 Å². The molecule has 6 heteroatoms. The van der Waals surface area contributed by atoms with Crippen LogP contribution in [-0.4, -0.2) is 23.2 Å². The molecule has 0 spiro atoms. The maximum atomic E-state index is 10.8. The highest BCUT2D eigenvalue weighted by molar-refractivity contribution is 5.76. The van der Waals surface area contributed by atoms with Gasteiger partial charge in [0.1, 0.15) is 0 Å². The maximum absolute atomic E-state index is 10.8. The van der Waals surface area contributed by atoms with Gasteiger partial charge >= 0.3 is 0 Å². The van der Waals surface area contributed by atoms with Crippen LogP contribution in [0.15, 0.2) is 48.5 Å². The summed E-state index contributed by atoms with van der Waals surface area (Å²) in [5.74, 6) is 0. The van der Waals surface area contributed by atoms with Crippen LogP contribution in [0, 0.1) is 10.1 Å². The molecule has 0 atom stereocenters. The molecule has 20 heavy (non-hydrogen) atoms. The van der Waals surface area contributed by atoms with Gasteiger partial charge in [0.05, 0.1) is 22.9 Å². The van der Waals surface area contributed by atoms with Crippen LogP contribution in [0.1, 0.15) is 0 Å². The van der Waals surface area contributed by atoms with E-state index in [1.807, 2.05) is 30.3 Å². The molecule has 0 heterocycles. The number of nitro groups is 1. The van der Waals surface area contributed by atoms with Crippen LogP contribution >= 0.6 is 0 Å². The van der Waals surface area contributed by atoms with Gasteiger partial charge in [0.25, 0.3) is 5.69 Å². The largest absolute Gasteiger partial charge is 0.395 e. The molecule has 0 saturated heterocycles. The zero-order valence-electron chi connectivity index (χ0n) is 10.7. The summed E-state index contributed by atoms with van der Waals surface area (Å²) in [6.07, 6.45) is 0. The van der Waals surface area contributed by atoms with Gasteiger partial charge in [-0.3, -0.25) is 10.1 Å². The van der Waals surface area contributed by atoms with Crippen molar-refractivity contribution in [2.75, 3.05) is 23.8 Å². The number of nitrogens with one attached hydrogen (secondary N) is 2. The minimum absolute atomic E-state index is 0.00375. The third-order valence-corrected chi connectivity index (χ3v) is 2.69. The first-order chi connectivity index (χ1) is 9.70. The summed E-state index contributed by atoms with van der Waals surface area (Å²) in [5.41, 5.74) is 2.19. The molecule has 0 bridgehead atoms. The second-order valence-corrected chi connectivity index (χ2v) is 4.13. The lowest BCUT2D eigenvalue weighted by Crippen LogP contribution is -2.08. The minimum atomic E-state index is -0.448. The minimum Gasteiger partial charge on any atom is -0.395 e. The molecule has 0 unspecified atom stereocenters. The highest BCUT2D eigenvalue weighted by atomic mass is 16.6. The van der Waals surface area contributed by atoms with Crippen LogP contribution in [0.25, 0.3) is 0 Å². The van der Waals surface area contributed by atoms with E-state index in [4.69, 9.17) is 5.11 Å². The zero-order chi connectivity index (χ0) is 14.4. The van der Waals surface area contributed by atoms with Gasteiger partial charge in [-0.2, -0.15) is 0 Å². The van der Waals surface area contributed by atoms with Gasteiger partial charge in [0.2, 0.25) is 0 Å². The van der Waals surface area contributed by atoms with Crippen molar-refractivity contribution in [3.8, 4) is 0 Å². The summed E-state index contributed by atoms with van der Waals surface area (Å²) in [6.45, 7) is 0.276. The van der Waals surface area contributed by atoms with E-state index in [0.717, 1.165) is 11.4 Å². The van der Waals surface area contributed by atoms with Gasteiger partial charge in [-0.25, -0.2) is 0 Å². The van der Waals surface area contributed by atoms with Crippen molar-refractivity contribution in [2.24, 2.45) is 0 Å². The van der Waals surface area contributed by atoms with Gasteiger partial charge < -0.3 is 15.7 Å². The van der Waals surface area contributed by atoms with Crippen molar-refractivity contribution in [2.45, 2.75) is 0 Å². The smallest absolute Gasteiger partial charge is 0.271 e. The molecule has 0 fully saturated rings. The molecule has 0 amide bonds. The van der Waals surface area contributed by atoms with Gasteiger partial charge in [-0.1, -0.05) is 18.2 Å². The second-order valence-electron chi connectivity index (χ2n) is 4.13. The Hall–Kier alpha value is -2.60. The number of aliphatic hydroxyl groups excluding tert-OH is 1. The molecule has 0 aliphatic carbocycles. The first-order valence-corrected chi connectivity index (χ1v) is 6.16. The van der Waals surface area contributed by atoms with Crippen LogP contribution in [0.3, 0.4) is 0 Å². The maximum Gasteiger partial charge on any atom is 0.271 e. The van der Waals surface area contributed by atoms with Crippen molar-refractivity contribution in [3.63, 3.8) is 0 Å². The third kappa shape index (κ3) is 3.46. The lowest BCUT2D eigenvalue weighted by molar-refractivity contribution is -0.384. The third-order valence-electron chi connectivity index (χ3n) is 2.69. The van der Waals surface area contributed by atoms with E-state index in [2.05, 4.69) is 10.6 Å². The molecular weight excluding hydrogens is 258 g/mol. The summed E-state index contributed by atoms with van der Waals surface area (Å²) >= 11 is 0. The average molecular weight is 273 g/mol. The summed E-state index contributed by atoms with van der Waals surface area (Å²) in [6, 6.07) is 14.0. The number of hydrogen-bond acceptors (Lipinski definition) is 5. The number of aliphatic hydroxyl groups is 1. The predicted octanol–water partition coefficient (Wildman–Crippen LogP) is 2.74. The van der Waals surface area contributed by atoms with Gasteiger partial charge in [-0.15, -0.1) is 0 Å². The standard InChI is InChI=1S/C14H15N3O3/c18-9-8-15-14-10-12(17(19)20)6-7-13(14)16-11-4-2-1-3-5-11/h1-7,10,15-16,18H,8-9H2. The Morgan fingerprint density at radius 1 is 1.10 bits per heavy atom. The van der Waals surface area contributed by atoms with Gasteiger partial charge in [-0.05, 0) is 18.2 Å². The number of para-hydroxylation sites is 1. The number of rotatable bonds is 6. The fraction of sp³-hybridized carbons (Fsp3) is 0.143. The Balaban J connectivity index is 2.28. The summed E-state index contributed by atoms with van der Waals surface area (Å²) in [5, 5.41) is 25.8. The fourth-order valence-electron chi connectivity index (χ4n) is 1.77. The van der Waals surface area contributed by atoms with E-state index in [-0.39, 0.29) is 12.3 Å². The number of nitro benzene ring substituents is 1. The molecular formula is C14H15N3O3. The Morgan fingerprint density at radius 3 is 2.50 bits per heavy atom. The molecule has 2 rings (SSSR count). The monoisotopic (exact) mass is 273 g/mol. The van der Waals surface area contributed by atoms with E-state index < -0.39 is 4.92 Å². The van der Waals surface area contributed by atoms with Crippen molar-refractivity contribution in [1.29, 1.82) is 0 Å². The molecule has 0 aromatic heterocycles. The molecule has 0 radical (unpaired) electrons. The molecule has 6 nitrogen and oxygen atoms in total. The van der Waals surface area contributed by atoms with Crippen LogP contribution in [0.2, 0.25) is 0 Å². The summed E-state index contributed by atoms with van der Waals surface area (Å²) in [4.78, 5) is 10.4. The number of anilines is 3. The van der Waals surface area contributed by atoms with Crippen molar-refractivity contribution in [3.05, 3.63) is 58.6 Å². The average Bonchev–Trinajstić information content (AvgIpc) is 2.47. The number of non-ortho nitro benzene ring substituents is 1.